The third-order valence-corrected chi connectivity index (χ3v) is 6.72. The number of hydrogen-bond donors (Lipinski definition) is 2. The molecular formula is C22H28N2O4S2. The van der Waals surface area contributed by atoms with Gasteiger partial charge in [-0.2, -0.15) is 0 Å². The molecule has 0 saturated heterocycles. The van der Waals surface area contributed by atoms with Gasteiger partial charge in [-0.1, -0.05) is 12.5 Å². The first-order valence-electron chi connectivity index (χ1n) is 10.0. The fourth-order valence-corrected chi connectivity index (χ4v) is 5.32. The van der Waals surface area contributed by atoms with Crippen LogP contribution in [0.2, 0.25) is 0 Å². The molecule has 1 aliphatic rings. The van der Waals surface area contributed by atoms with E-state index in [0.717, 1.165) is 41.8 Å². The number of fused-ring (bicyclic) bond motifs is 1. The van der Waals surface area contributed by atoms with Crippen molar-refractivity contribution >= 4 is 39.6 Å². The number of esters is 1. The zero-order chi connectivity index (χ0) is 21.7. The SMILES string of the molecule is COC(=O)c1c(NC(=S)NC(C)c2ccc(OC)c(OC)c2)sc2c1CCCCC2. The third kappa shape index (κ3) is 4.87. The lowest BCUT2D eigenvalue weighted by Crippen LogP contribution is -2.31. The average molecular weight is 449 g/mol. The van der Waals surface area contributed by atoms with E-state index >= 15 is 0 Å². The van der Waals surface area contributed by atoms with Crippen molar-refractivity contribution in [2.45, 2.75) is 45.1 Å². The Hall–Kier alpha value is -2.32. The summed E-state index contributed by atoms with van der Waals surface area (Å²) in [5.41, 5.74) is 2.75. The van der Waals surface area contributed by atoms with E-state index in [1.807, 2.05) is 25.1 Å². The van der Waals surface area contributed by atoms with Crippen molar-refractivity contribution in [3.8, 4) is 11.5 Å². The molecule has 2 aromatic rings. The first-order chi connectivity index (χ1) is 14.5. The van der Waals surface area contributed by atoms with Crippen molar-refractivity contribution in [2.75, 3.05) is 26.6 Å². The molecule has 3 rings (SSSR count). The quantitative estimate of drug-likeness (QED) is 0.371. The van der Waals surface area contributed by atoms with Gasteiger partial charge in [0, 0.05) is 4.88 Å². The lowest BCUT2D eigenvalue weighted by atomic mass is 10.1. The Bertz CT molecular complexity index is 926. The number of anilines is 1. The molecular weight excluding hydrogens is 420 g/mol. The van der Waals surface area contributed by atoms with Gasteiger partial charge in [0.2, 0.25) is 0 Å². The second-order valence-electron chi connectivity index (χ2n) is 7.19. The van der Waals surface area contributed by atoms with Crippen LogP contribution in [0, 0.1) is 0 Å². The molecule has 1 atom stereocenters. The van der Waals surface area contributed by atoms with Gasteiger partial charge in [0.15, 0.2) is 16.6 Å². The summed E-state index contributed by atoms with van der Waals surface area (Å²) in [7, 11) is 4.64. The third-order valence-electron chi connectivity index (χ3n) is 5.29. The molecule has 1 aromatic heterocycles. The van der Waals surface area contributed by atoms with Crippen molar-refractivity contribution in [2.24, 2.45) is 0 Å². The number of methoxy groups -OCH3 is 3. The largest absolute Gasteiger partial charge is 0.493 e. The Morgan fingerprint density at radius 2 is 1.83 bits per heavy atom. The normalized spacial score (nSPS) is 14.1. The van der Waals surface area contributed by atoms with Gasteiger partial charge >= 0.3 is 5.97 Å². The lowest BCUT2D eigenvalue weighted by Gasteiger charge is -2.19. The van der Waals surface area contributed by atoms with E-state index in [0.29, 0.717) is 22.2 Å². The molecule has 0 radical (unpaired) electrons. The molecule has 1 heterocycles. The molecule has 1 aliphatic carbocycles. The van der Waals surface area contributed by atoms with Crippen LogP contribution in [0.25, 0.3) is 0 Å². The van der Waals surface area contributed by atoms with Crippen LogP contribution in [0.1, 0.15) is 58.6 Å². The molecule has 1 aromatic carbocycles. The summed E-state index contributed by atoms with van der Waals surface area (Å²) in [5.74, 6) is 1.03. The van der Waals surface area contributed by atoms with Gasteiger partial charge in [0.05, 0.1) is 32.9 Å². The Balaban J connectivity index is 1.77. The molecule has 6 nitrogen and oxygen atoms in total. The van der Waals surface area contributed by atoms with E-state index in [2.05, 4.69) is 10.6 Å². The van der Waals surface area contributed by atoms with Gasteiger partial charge < -0.3 is 24.8 Å². The van der Waals surface area contributed by atoms with E-state index in [1.165, 1.54) is 18.4 Å². The Kier molecular flexibility index (Phi) is 7.55. The highest BCUT2D eigenvalue weighted by Gasteiger charge is 2.26. The lowest BCUT2D eigenvalue weighted by molar-refractivity contribution is 0.0601. The maximum Gasteiger partial charge on any atom is 0.341 e. The smallest absolute Gasteiger partial charge is 0.341 e. The number of rotatable bonds is 6. The van der Waals surface area contributed by atoms with Gasteiger partial charge in [0.25, 0.3) is 0 Å². The molecule has 0 saturated carbocycles. The van der Waals surface area contributed by atoms with Crippen molar-refractivity contribution in [1.29, 1.82) is 0 Å². The summed E-state index contributed by atoms with van der Waals surface area (Å²) in [4.78, 5) is 13.7. The summed E-state index contributed by atoms with van der Waals surface area (Å²) in [6, 6.07) is 5.69. The monoisotopic (exact) mass is 448 g/mol. The number of carbonyl (C=O) groups excluding carboxylic acids is 1. The first kappa shape index (κ1) is 22.4. The molecule has 2 N–H and O–H groups in total. The van der Waals surface area contributed by atoms with Crippen LogP contribution in [-0.2, 0) is 17.6 Å². The summed E-state index contributed by atoms with van der Waals surface area (Å²) in [6.45, 7) is 2.01. The van der Waals surface area contributed by atoms with Gasteiger partial charge in [-0.25, -0.2) is 4.79 Å². The number of hydrogen-bond acceptors (Lipinski definition) is 6. The second kappa shape index (κ2) is 10.1. The Morgan fingerprint density at radius 3 is 2.53 bits per heavy atom. The van der Waals surface area contributed by atoms with Gasteiger partial charge in [-0.3, -0.25) is 0 Å². The van der Waals surface area contributed by atoms with Gasteiger partial charge in [0.1, 0.15) is 5.00 Å². The Morgan fingerprint density at radius 1 is 1.10 bits per heavy atom. The molecule has 1 unspecified atom stereocenters. The predicted octanol–water partition coefficient (Wildman–Crippen LogP) is 4.87. The standard InChI is InChI=1S/C22H28N2O4S2/c1-13(14-10-11-16(26-2)17(12-14)27-3)23-22(29)24-20-19(21(25)28-4)15-8-6-5-7-9-18(15)30-20/h10-13H,5-9H2,1-4H3,(H2,23,24,29). The summed E-state index contributed by atoms with van der Waals surface area (Å²) >= 11 is 7.15. The van der Waals surface area contributed by atoms with E-state index in [9.17, 15) is 4.79 Å². The van der Waals surface area contributed by atoms with Gasteiger partial charge in [-0.15, -0.1) is 11.3 Å². The predicted molar refractivity (Wildman–Crippen MR) is 124 cm³/mol. The minimum absolute atomic E-state index is 0.0656. The summed E-state index contributed by atoms with van der Waals surface area (Å²) < 4.78 is 15.7. The van der Waals surface area contributed by atoms with Gasteiger partial charge in [-0.05, 0) is 68.1 Å². The Labute approximate surface area is 186 Å². The number of thiocarbonyl (C=S) groups is 1. The van der Waals surface area contributed by atoms with Crippen LogP contribution in [-0.4, -0.2) is 32.4 Å². The fraction of sp³-hybridized carbons (Fsp3) is 0.455. The van der Waals surface area contributed by atoms with Crippen LogP contribution in [0.3, 0.4) is 0 Å². The number of benzene rings is 1. The average Bonchev–Trinajstić information content (AvgIpc) is 2.92. The van der Waals surface area contributed by atoms with Crippen LogP contribution in [0.15, 0.2) is 18.2 Å². The number of ether oxygens (including phenoxy) is 3. The molecule has 0 spiro atoms. The molecule has 0 amide bonds. The van der Waals surface area contributed by atoms with Crippen molar-refractivity contribution in [3.05, 3.63) is 39.8 Å². The van der Waals surface area contributed by atoms with Crippen LogP contribution < -0.4 is 20.1 Å². The molecule has 0 fully saturated rings. The van der Waals surface area contributed by atoms with Crippen molar-refractivity contribution < 1.29 is 19.0 Å². The second-order valence-corrected chi connectivity index (χ2v) is 8.71. The number of carbonyl (C=O) groups is 1. The highest BCUT2D eigenvalue weighted by molar-refractivity contribution is 7.80. The maximum atomic E-state index is 12.5. The fourth-order valence-electron chi connectivity index (χ4n) is 3.69. The highest BCUT2D eigenvalue weighted by atomic mass is 32.1. The van der Waals surface area contributed by atoms with E-state index < -0.39 is 0 Å². The van der Waals surface area contributed by atoms with Crippen LogP contribution in [0.5, 0.6) is 11.5 Å². The zero-order valence-electron chi connectivity index (χ0n) is 17.8. The highest BCUT2D eigenvalue weighted by Crippen LogP contribution is 2.38. The van der Waals surface area contributed by atoms with E-state index in [4.69, 9.17) is 26.4 Å². The molecule has 162 valence electrons. The first-order valence-corrected chi connectivity index (χ1v) is 11.2. The number of nitrogens with one attached hydrogen (secondary N) is 2. The molecule has 0 aliphatic heterocycles. The molecule has 30 heavy (non-hydrogen) atoms. The van der Waals surface area contributed by atoms with Crippen LogP contribution in [0.4, 0.5) is 5.00 Å². The summed E-state index contributed by atoms with van der Waals surface area (Å²) in [6.07, 6.45) is 5.32. The topological polar surface area (TPSA) is 68.8 Å². The van der Waals surface area contributed by atoms with Crippen molar-refractivity contribution in [1.82, 2.24) is 5.32 Å². The van der Waals surface area contributed by atoms with E-state index in [-0.39, 0.29) is 12.0 Å². The minimum atomic E-state index is -0.312. The zero-order valence-corrected chi connectivity index (χ0v) is 19.4. The van der Waals surface area contributed by atoms with E-state index in [1.54, 1.807) is 25.6 Å². The minimum Gasteiger partial charge on any atom is -0.493 e. The number of aryl methyl sites for hydroxylation is 1. The molecule has 0 bridgehead atoms. The molecule has 8 heteroatoms. The number of thiophene rings is 1. The van der Waals surface area contributed by atoms with Crippen molar-refractivity contribution in [3.63, 3.8) is 0 Å². The maximum absolute atomic E-state index is 12.5. The summed E-state index contributed by atoms with van der Waals surface area (Å²) in [5, 5.41) is 7.74. The van der Waals surface area contributed by atoms with Crippen LogP contribution >= 0.6 is 23.6 Å².